The highest BCUT2D eigenvalue weighted by molar-refractivity contribution is 5.82. The van der Waals surface area contributed by atoms with E-state index in [1.807, 2.05) is 0 Å². The first-order valence-electron chi connectivity index (χ1n) is 8.08. The topological polar surface area (TPSA) is 99.1 Å². The second-order valence-corrected chi connectivity index (χ2v) is 5.57. The summed E-state index contributed by atoms with van der Waals surface area (Å²) in [4.78, 5) is 35.1. The van der Waals surface area contributed by atoms with Crippen molar-refractivity contribution in [1.29, 1.82) is 0 Å². The van der Waals surface area contributed by atoms with Crippen molar-refractivity contribution < 1.29 is 33.7 Å². The minimum atomic E-state index is -1.24. The van der Waals surface area contributed by atoms with Gasteiger partial charge in [-0.1, -0.05) is 18.2 Å². The number of hydrogen-bond acceptors (Lipinski definition) is 7. The number of hydrogen-bond donors (Lipinski definition) is 1. The molecule has 1 rings (SSSR count). The van der Waals surface area contributed by atoms with Gasteiger partial charge in [-0.3, -0.25) is 4.79 Å². The molecule has 1 aliphatic heterocycles. The number of ether oxygens (including phenoxy) is 3. The summed E-state index contributed by atoms with van der Waals surface area (Å²) in [7, 11) is 0. The zero-order valence-corrected chi connectivity index (χ0v) is 14.6. The molecule has 0 aromatic carbocycles. The van der Waals surface area contributed by atoms with Crippen molar-refractivity contribution in [3.63, 3.8) is 0 Å². The summed E-state index contributed by atoms with van der Waals surface area (Å²) in [6.45, 7) is 4.99. The molecule has 7 nitrogen and oxygen atoms in total. The molecule has 0 aromatic heterocycles. The van der Waals surface area contributed by atoms with E-state index in [1.54, 1.807) is 26.8 Å². The zero-order chi connectivity index (χ0) is 18.8. The van der Waals surface area contributed by atoms with Crippen molar-refractivity contribution in [1.82, 2.24) is 0 Å². The van der Waals surface area contributed by atoms with Crippen LogP contribution in [0.15, 0.2) is 36.5 Å². The molecular weight excluding hydrogens is 328 g/mol. The fraction of sp³-hybridized carbons (Fsp3) is 0.500. The Kier molecular flexibility index (Phi) is 8.63. The average Bonchev–Trinajstić information content (AvgIpc) is 2.51. The van der Waals surface area contributed by atoms with E-state index in [2.05, 4.69) is 0 Å². The van der Waals surface area contributed by atoms with Gasteiger partial charge in [0.25, 0.3) is 0 Å². The number of carbonyl (C=O) groups excluding carboxylic acids is 3. The number of esters is 3. The monoisotopic (exact) mass is 352 g/mol. The highest BCUT2D eigenvalue weighted by Gasteiger charge is 2.28. The molecule has 7 heteroatoms. The van der Waals surface area contributed by atoms with Gasteiger partial charge in [0.15, 0.2) is 0 Å². The van der Waals surface area contributed by atoms with Crippen molar-refractivity contribution in [2.45, 2.75) is 58.0 Å². The molecule has 0 aromatic rings. The quantitative estimate of drug-likeness (QED) is 0.355. The van der Waals surface area contributed by atoms with Gasteiger partial charge < -0.3 is 19.3 Å². The molecular formula is C18H24O7. The Balaban J connectivity index is 2.94. The molecule has 1 aliphatic rings. The van der Waals surface area contributed by atoms with E-state index in [0.29, 0.717) is 0 Å². The van der Waals surface area contributed by atoms with Crippen LogP contribution in [0.25, 0.3) is 0 Å². The molecule has 138 valence electrons. The Labute approximate surface area is 146 Å². The lowest BCUT2D eigenvalue weighted by atomic mass is 10.1. The normalized spacial score (nSPS) is 29.2. The molecule has 1 N–H and O–H groups in total. The minimum absolute atomic E-state index is 0.251. The lowest BCUT2D eigenvalue weighted by Crippen LogP contribution is -2.35. The van der Waals surface area contributed by atoms with Crippen LogP contribution < -0.4 is 0 Å². The maximum Gasteiger partial charge on any atom is 0.331 e. The molecule has 0 saturated heterocycles. The third-order valence-electron chi connectivity index (χ3n) is 3.31. The lowest BCUT2D eigenvalue weighted by Gasteiger charge is -2.24. The summed E-state index contributed by atoms with van der Waals surface area (Å²) in [5.41, 5.74) is 0. The van der Waals surface area contributed by atoms with E-state index in [1.165, 1.54) is 30.4 Å². The fourth-order valence-electron chi connectivity index (χ4n) is 2.22. The number of aliphatic hydroxyl groups is 1. The zero-order valence-electron chi connectivity index (χ0n) is 14.6. The third kappa shape index (κ3) is 7.80. The minimum Gasteiger partial charge on any atom is -0.462 e. The summed E-state index contributed by atoms with van der Waals surface area (Å²) in [5, 5.41) is 10.2. The standard InChI is InChI=1S/C18H24O7/c1-4-6-16(20)24-13-8-9-14(19)15(25-17(21)7-5-2)11-18(22)23-12(3)10-13/h4-9,12-15,19H,10-11H2,1-3H3/b6-4?,7-5?,9-8-. The summed E-state index contributed by atoms with van der Waals surface area (Å²) >= 11 is 0. The van der Waals surface area contributed by atoms with Gasteiger partial charge in [-0.15, -0.1) is 0 Å². The summed E-state index contributed by atoms with van der Waals surface area (Å²) < 4.78 is 15.5. The van der Waals surface area contributed by atoms with Crippen molar-refractivity contribution >= 4 is 17.9 Å². The van der Waals surface area contributed by atoms with Crippen molar-refractivity contribution in [2.75, 3.05) is 0 Å². The SMILES string of the molecule is CC=CC(=O)OC1/C=C\C(O)C(OC(=O)C=CC)CC(=O)OC(C)C1. The van der Waals surface area contributed by atoms with Gasteiger partial charge in [-0.05, 0) is 26.8 Å². The predicted octanol–water partition coefficient (Wildman–Crippen LogP) is 1.60. The van der Waals surface area contributed by atoms with Crippen LogP contribution in [-0.4, -0.2) is 47.4 Å². The third-order valence-corrected chi connectivity index (χ3v) is 3.31. The van der Waals surface area contributed by atoms with Gasteiger partial charge in [-0.25, -0.2) is 9.59 Å². The van der Waals surface area contributed by atoms with E-state index in [4.69, 9.17) is 14.2 Å². The Morgan fingerprint density at radius 1 is 1.16 bits per heavy atom. The molecule has 0 saturated carbocycles. The van der Waals surface area contributed by atoms with Crippen LogP contribution in [-0.2, 0) is 28.6 Å². The Morgan fingerprint density at radius 2 is 1.76 bits per heavy atom. The molecule has 4 unspecified atom stereocenters. The Morgan fingerprint density at radius 3 is 2.36 bits per heavy atom. The van der Waals surface area contributed by atoms with Gasteiger partial charge in [0.05, 0.1) is 6.42 Å². The largest absolute Gasteiger partial charge is 0.462 e. The highest BCUT2D eigenvalue weighted by atomic mass is 16.6. The number of aliphatic hydroxyl groups excluding tert-OH is 1. The van der Waals surface area contributed by atoms with Gasteiger partial charge in [0.1, 0.15) is 24.4 Å². The molecule has 0 spiro atoms. The maximum atomic E-state index is 12.0. The number of rotatable bonds is 4. The van der Waals surface area contributed by atoms with Crippen LogP contribution >= 0.6 is 0 Å². The van der Waals surface area contributed by atoms with Crippen LogP contribution in [0.2, 0.25) is 0 Å². The molecule has 1 heterocycles. The maximum absolute atomic E-state index is 12.0. The van der Waals surface area contributed by atoms with Crippen molar-refractivity contribution in [2.24, 2.45) is 0 Å². The molecule has 0 fully saturated rings. The number of allylic oxidation sites excluding steroid dienone is 2. The number of carbonyl (C=O) groups is 3. The first-order valence-corrected chi connectivity index (χ1v) is 8.08. The lowest BCUT2D eigenvalue weighted by molar-refractivity contribution is -0.160. The Hall–Kier alpha value is -2.41. The first-order chi connectivity index (χ1) is 11.8. The van der Waals surface area contributed by atoms with Crippen LogP contribution in [0.5, 0.6) is 0 Å². The molecule has 0 bridgehead atoms. The van der Waals surface area contributed by atoms with E-state index in [-0.39, 0.29) is 12.8 Å². The first kappa shape index (κ1) is 20.6. The van der Waals surface area contributed by atoms with Gasteiger partial charge in [-0.2, -0.15) is 0 Å². The summed E-state index contributed by atoms with van der Waals surface area (Å²) in [6, 6.07) is 0. The molecule has 0 amide bonds. The summed E-state index contributed by atoms with van der Waals surface area (Å²) in [5.74, 6) is -1.83. The molecule has 0 aliphatic carbocycles. The van der Waals surface area contributed by atoms with E-state index >= 15 is 0 Å². The van der Waals surface area contributed by atoms with Crippen molar-refractivity contribution in [3.05, 3.63) is 36.5 Å². The smallest absolute Gasteiger partial charge is 0.331 e. The van der Waals surface area contributed by atoms with E-state index < -0.39 is 42.3 Å². The van der Waals surface area contributed by atoms with Gasteiger partial charge >= 0.3 is 17.9 Å². The van der Waals surface area contributed by atoms with Gasteiger partial charge in [0.2, 0.25) is 0 Å². The van der Waals surface area contributed by atoms with Gasteiger partial charge in [0, 0.05) is 18.6 Å². The van der Waals surface area contributed by atoms with Crippen LogP contribution in [0, 0.1) is 0 Å². The molecule has 0 radical (unpaired) electrons. The van der Waals surface area contributed by atoms with E-state index in [0.717, 1.165) is 0 Å². The second kappa shape index (κ2) is 10.5. The Bertz CT molecular complexity index is 562. The second-order valence-electron chi connectivity index (χ2n) is 5.57. The average molecular weight is 352 g/mol. The van der Waals surface area contributed by atoms with Crippen LogP contribution in [0.1, 0.15) is 33.6 Å². The molecule has 4 atom stereocenters. The van der Waals surface area contributed by atoms with Crippen molar-refractivity contribution in [3.8, 4) is 0 Å². The van der Waals surface area contributed by atoms with Crippen LogP contribution in [0.4, 0.5) is 0 Å². The molecule has 25 heavy (non-hydrogen) atoms. The highest BCUT2D eigenvalue weighted by Crippen LogP contribution is 2.16. The van der Waals surface area contributed by atoms with E-state index in [9.17, 15) is 19.5 Å². The summed E-state index contributed by atoms with van der Waals surface area (Å²) in [6.07, 6.45) is 4.78. The number of cyclic esters (lactones) is 1. The fourth-order valence-corrected chi connectivity index (χ4v) is 2.22. The van der Waals surface area contributed by atoms with Crippen LogP contribution in [0.3, 0.4) is 0 Å². The predicted molar refractivity (Wildman–Crippen MR) is 89.3 cm³/mol.